The molecule has 334 valence electrons. The fourth-order valence-corrected chi connectivity index (χ4v) is 9.46. The number of ether oxygens (including phenoxy) is 1. The minimum atomic E-state index is -2.00. The Morgan fingerprint density at radius 3 is 1.27 bits per heavy atom. The number of hydrogen-bond donors (Lipinski definition) is 0. The normalized spacial score (nSPS) is 13.8. The summed E-state index contributed by atoms with van der Waals surface area (Å²) in [5, 5.41) is 0. The van der Waals surface area contributed by atoms with E-state index in [0.717, 1.165) is 57.7 Å². The highest BCUT2D eigenvalue weighted by atomic mass is 31.2. The molecule has 0 aliphatic carbocycles. The number of carbonyl (C=O) groups is 1. The van der Waals surface area contributed by atoms with Crippen LogP contribution in [0.1, 0.15) is 235 Å². The van der Waals surface area contributed by atoms with Gasteiger partial charge >= 0.3 is 14.6 Å². The van der Waals surface area contributed by atoms with Crippen LogP contribution in [-0.4, -0.2) is 12.6 Å². The average molecular weight is 843 g/mol. The molecule has 1 aliphatic rings. The number of esters is 1. The number of rotatable bonds is 18. The van der Waals surface area contributed by atoms with E-state index < -0.39 is 8.60 Å². The zero-order chi connectivity index (χ0) is 44.5. The van der Waals surface area contributed by atoms with Gasteiger partial charge in [-0.3, -0.25) is 0 Å². The zero-order valence-corrected chi connectivity index (χ0v) is 41.7. The summed E-state index contributed by atoms with van der Waals surface area (Å²) < 4.78 is 27.3. The van der Waals surface area contributed by atoms with Gasteiger partial charge in [0.05, 0.1) is 12.2 Å². The summed E-state index contributed by atoms with van der Waals surface area (Å²) in [5.41, 5.74) is 8.27. The molecule has 0 saturated carbocycles. The van der Waals surface area contributed by atoms with Crippen LogP contribution in [0.4, 0.5) is 0 Å². The van der Waals surface area contributed by atoms with Crippen LogP contribution in [0.3, 0.4) is 0 Å². The van der Waals surface area contributed by atoms with Crippen LogP contribution < -0.4 is 13.6 Å². The Morgan fingerprint density at radius 1 is 0.533 bits per heavy atom. The number of unbranched alkanes of at least 4 members (excludes halogenated alkanes) is 13. The molecule has 1 aliphatic heterocycles. The molecule has 0 saturated heterocycles. The SMILES string of the molecule is CCCCCCCCCCCCCCCCOC(=O)c1cc(C(C)(C)C)c(OP2Oc3c(cc(C)cc3C(C)(C)C)Cc3cc(C)cc(C(C)(C)C)c3O2)c(C(C)(C)C)c1. The van der Waals surface area contributed by atoms with E-state index in [0.29, 0.717) is 24.3 Å². The van der Waals surface area contributed by atoms with E-state index in [-0.39, 0.29) is 27.6 Å². The lowest BCUT2D eigenvalue weighted by molar-refractivity contribution is 0.0497. The quantitative estimate of drug-likeness (QED) is 0.0725. The summed E-state index contributed by atoms with van der Waals surface area (Å²) in [6.45, 7) is 33.5. The van der Waals surface area contributed by atoms with Crippen LogP contribution in [0.5, 0.6) is 17.2 Å². The number of fused-ring (bicyclic) bond motifs is 2. The first kappa shape index (κ1) is 49.6. The molecule has 0 radical (unpaired) electrons. The van der Waals surface area contributed by atoms with Crippen LogP contribution in [-0.2, 0) is 32.8 Å². The van der Waals surface area contributed by atoms with Gasteiger partial charge in [0.2, 0.25) is 0 Å². The van der Waals surface area contributed by atoms with E-state index in [4.69, 9.17) is 18.3 Å². The van der Waals surface area contributed by atoms with Crippen molar-refractivity contribution in [3.05, 3.63) is 86.5 Å². The summed E-state index contributed by atoms with van der Waals surface area (Å²) in [6, 6.07) is 13.0. The maximum Gasteiger partial charge on any atom is 0.530 e. The van der Waals surface area contributed by atoms with Gasteiger partial charge in [0.1, 0.15) is 17.2 Å². The van der Waals surface area contributed by atoms with E-state index in [9.17, 15) is 4.79 Å². The Balaban J connectivity index is 1.58. The van der Waals surface area contributed by atoms with E-state index in [1.54, 1.807) is 0 Å². The summed E-state index contributed by atoms with van der Waals surface area (Å²) in [7, 11) is -2.00. The minimum Gasteiger partial charge on any atom is -0.462 e. The second-order valence-corrected chi connectivity index (χ2v) is 22.9. The molecule has 1 heterocycles. The van der Waals surface area contributed by atoms with Gasteiger partial charge in [-0.15, -0.1) is 0 Å². The van der Waals surface area contributed by atoms with Crippen molar-refractivity contribution in [1.29, 1.82) is 0 Å². The molecule has 0 N–H and O–H groups in total. The van der Waals surface area contributed by atoms with Crippen molar-refractivity contribution in [2.24, 2.45) is 0 Å². The standard InChI is InChI=1S/C54H83O5P/c1-16-17-18-19-20-21-22-23-24-25-26-27-28-29-30-56-50(55)42-36-45(53(10,11)12)49(46(37-42)54(13,14)15)59-60-57-47-40(31-38(2)33-43(47)51(4,5)6)35-41-32-39(3)34-44(48(41)58-60)52(7,8)9/h31-34,36-37H,16-30,35H2,1-15H3. The van der Waals surface area contributed by atoms with Crippen LogP contribution in [0.25, 0.3) is 0 Å². The Labute approximate surface area is 368 Å². The summed E-state index contributed by atoms with van der Waals surface area (Å²) >= 11 is 0. The number of hydrogen-bond acceptors (Lipinski definition) is 5. The van der Waals surface area contributed by atoms with Crippen molar-refractivity contribution in [2.45, 2.75) is 222 Å². The summed E-state index contributed by atoms with van der Waals surface area (Å²) in [6.07, 6.45) is 18.8. The van der Waals surface area contributed by atoms with Crippen molar-refractivity contribution in [1.82, 2.24) is 0 Å². The minimum absolute atomic E-state index is 0.176. The van der Waals surface area contributed by atoms with Crippen LogP contribution in [0, 0.1) is 13.8 Å². The molecule has 3 aromatic rings. The molecule has 5 nitrogen and oxygen atoms in total. The third kappa shape index (κ3) is 14.3. The first-order valence-corrected chi connectivity index (χ1v) is 24.6. The van der Waals surface area contributed by atoms with Gasteiger partial charge in [0.25, 0.3) is 0 Å². The Bertz CT molecular complexity index is 1760. The van der Waals surface area contributed by atoms with Crippen LogP contribution in [0.2, 0.25) is 0 Å². The lowest BCUT2D eigenvalue weighted by Crippen LogP contribution is -2.23. The second-order valence-electron chi connectivity index (χ2n) is 21.9. The molecule has 3 aromatic carbocycles. The Morgan fingerprint density at radius 2 is 0.900 bits per heavy atom. The molecule has 60 heavy (non-hydrogen) atoms. The van der Waals surface area contributed by atoms with E-state index >= 15 is 0 Å². The fraction of sp³-hybridized carbons (Fsp3) is 0.648. The van der Waals surface area contributed by atoms with Gasteiger partial charge in [-0.25, -0.2) is 4.79 Å². The largest absolute Gasteiger partial charge is 0.530 e. The summed E-state index contributed by atoms with van der Waals surface area (Å²) in [4.78, 5) is 13.8. The van der Waals surface area contributed by atoms with Gasteiger partial charge < -0.3 is 18.3 Å². The van der Waals surface area contributed by atoms with Crippen molar-refractivity contribution in [3.63, 3.8) is 0 Å². The predicted molar refractivity (Wildman–Crippen MR) is 256 cm³/mol. The highest BCUT2D eigenvalue weighted by Crippen LogP contribution is 2.54. The summed E-state index contributed by atoms with van der Waals surface area (Å²) in [5.74, 6) is 2.10. The van der Waals surface area contributed by atoms with Gasteiger partial charge in [0.15, 0.2) is 0 Å². The molecule has 0 amide bonds. The van der Waals surface area contributed by atoms with Crippen molar-refractivity contribution in [2.75, 3.05) is 6.61 Å². The molecule has 0 fully saturated rings. The predicted octanol–water partition coefficient (Wildman–Crippen LogP) is 16.8. The first-order valence-electron chi connectivity index (χ1n) is 23.5. The van der Waals surface area contributed by atoms with Gasteiger partial charge in [-0.1, -0.05) is 209 Å². The van der Waals surface area contributed by atoms with Crippen molar-refractivity contribution in [3.8, 4) is 17.2 Å². The van der Waals surface area contributed by atoms with E-state index in [2.05, 4.69) is 128 Å². The first-order chi connectivity index (χ1) is 28.0. The third-order valence-corrected chi connectivity index (χ3v) is 12.8. The highest BCUT2D eigenvalue weighted by molar-refractivity contribution is 7.43. The Kier molecular flexibility index (Phi) is 17.7. The highest BCUT2D eigenvalue weighted by Gasteiger charge is 2.37. The topological polar surface area (TPSA) is 54.0 Å². The monoisotopic (exact) mass is 843 g/mol. The van der Waals surface area contributed by atoms with Crippen molar-refractivity contribution < 1.29 is 23.1 Å². The van der Waals surface area contributed by atoms with E-state index in [1.165, 1.54) is 88.2 Å². The van der Waals surface area contributed by atoms with Crippen molar-refractivity contribution >= 4 is 14.6 Å². The maximum absolute atomic E-state index is 13.8. The average Bonchev–Trinajstić information content (AvgIpc) is 3.12. The lowest BCUT2D eigenvalue weighted by Gasteiger charge is -2.34. The molecule has 0 spiro atoms. The molecule has 4 rings (SSSR count). The number of aryl methyl sites for hydroxylation is 2. The zero-order valence-electron chi connectivity index (χ0n) is 40.8. The van der Waals surface area contributed by atoms with Crippen LogP contribution in [0.15, 0.2) is 36.4 Å². The molecule has 0 atom stereocenters. The van der Waals surface area contributed by atoms with Crippen LogP contribution >= 0.6 is 8.60 Å². The lowest BCUT2D eigenvalue weighted by atomic mass is 9.78. The third-order valence-electron chi connectivity index (χ3n) is 11.8. The number of carbonyl (C=O) groups excluding carboxylic acids is 1. The molecular formula is C54H83O5P. The fourth-order valence-electron chi connectivity index (χ4n) is 8.28. The molecule has 6 heteroatoms. The van der Waals surface area contributed by atoms with E-state index in [1.807, 2.05) is 12.1 Å². The smallest absolute Gasteiger partial charge is 0.462 e. The number of benzene rings is 3. The molecule has 0 unspecified atom stereocenters. The molecule has 0 aromatic heterocycles. The van der Waals surface area contributed by atoms with Gasteiger partial charge in [-0.2, -0.15) is 0 Å². The maximum atomic E-state index is 13.8. The molecule has 0 bridgehead atoms. The second kappa shape index (κ2) is 21.4. The van der Waals surface area contributed by atoms with Gasteiger partial charge in [-0.05, 0) is 65.2 Å². The Hall–Kier alpha value is -3.04. The molecular weight excluding hydrogens is 760 g/mol. The van der Waals surface area contributed by atoms with Gasteiger partial charge in [0, 0.05) is 28.7 Å².